The van der Waals surface area contributed by atoms with Gasteiger partial charge in [-0.3, -0.25) is 9.59 Å². The quantitative estimate of drug-likeness (QED) is 0.360. The third-order valence-electron chi connectivity index (χ3n) is 8.06. The van der Waals surface area contributed by atoms with E-state index in [4.69, 9.17) is 4.74 Å². The number of rotatable bonds is 10. The summed E-state index contributed by atoms with van der Waals surface area (Å²) in [5.74, 6) is -0.839. The molecule has 2 atom stereocenters. The minimum Gasteiger partial charge on any atom is -0.491 e. The molecule has 4 rings (SSSR count). The van der Waals surface area contributed by atoms with Crippen molar-refractivity contribution in [3.05, 3.63) is 59.9 Å². The Balaban J connectivity index is 1.57. The van der Waals surface area contributed by atoms with Crippen molar-refractivity contribution in [2.24, 2.45) is 0 Å². The first-order chi connectivity index (χ1) is 20.5. The van der Waals surface area contributed by atoms with Gasteiger partial charge in [0.15, 0.2) is 0 Å². The van der Waals surface area contributed by atoms with Crippen LogP contribution >= 0.6 is 0 Å². The van der Waals surface area contributed by atoms with Crippen molar-refractivity contribution in [3.63, 3.8) is 0 Å². The number of halogens is 1. The average molecular weight is 631 g/mol. The van der Waals surface area contributed by atoms with Crippen LogP contribution in [0.15, 0.2) is 53.4 Å². The Morgan fingerprint density at radius 3 is 2.32 bits per heavy atom. The highest BCUT2D eigenvalue weighted by Crippen LogP contribution is 2.29. The smallest absolute Gasteiger partial charge is 0.243 e. The number of amides is 2. The van der Waals surface area contributed by atoms with Crippen molar-refractivity contribution in [3.8, 4) is 5.75 Å². The van der Waals surface area contributed by atoms with Crippen LogP contribution in [0.1, 0.15) is 79.2 Å². The molecular weight excluding hydrogens is 583 g/mol. The van der Waals surface area contributed by atoms with Crippen LogP contribution in [0.25, 0.3) is 0 Å². The minimum absolute atomic E-state index is 0.0132. The monoisotopic (exact) mass is 630 g/mol. The van der Waals surface area contributed by atoms with Gasteiger partial charge in [0.2, 0.25) is 21.8 Å². The summed E-state index contributed by atoms with van der Waals surface area (Å²) >= 11 is 0. The number of benzene rings is 2. The Bertz CT molecular complexity index is 1410. The van der Waals surface area contributed by atoms with Crippen molar-refractivity contribution in [2.75, 3.05) is 6.54 Å². The van der Waals surface area contributed by atoms with Gasteiger partial charge in [0.1, 0.15) is 23.7 Å². The lowest BCUT2D eigenvalue weighted by Crippen LogP contribution is -2.63. The summed E-state index contributed by atoms with van der Waals surface area (Å²) in [7, 11) is -4.15. The van der Waals surface area contributed by atoms with Crippen LogP contribution in [0.4, 0.5) is 4.39 Å². The fourth-order valence-corrected chi connectivity index (χ4v) is 8.32. The van der Waals surface area contributed by atoms with Crippen LogP contribution < -0.4 is 20.7 Å². The van der Waals surface area contributed by atoms with Gasteiger partial charge in [-0.05, 0) is 103 Å². The zero-order chi connectivity index (χ0) is 32.3. The predicted molar refractivity (Wildman–Crippen MR) is 168 cm³/mol. The third kappa shape index (κ3) is 8.79. The van der Waals surface area contributed by atoms with Crippen molar-refractivity contribution < 1.29 is 27.1 Å². The van der Waals surface area contributed by atoms with Gasteiger partial charge in [0, 0.05) is 30.1 Å². The zero-order valence-electron chi connectivity index (χ0n) is 26.7. The van der Waals surface area contributed by atoms with Gasteiger partial charge in [-0.1, -0.05) is 24.6 Å². The van der Waals surface area contributed by atoms with Crippen LogP contribution in [0.3, 0.4) is 0 Å². The molecule has 2 aliphatic rings. The number of carbonyl (C=O) groups is 2. The molecule has 11 heteroatoms. The highest BCUT2D eigenvalue weighted by atomic mass is 32.2. The minimum atomic E-state index is -4.15. The molecule has 0 bridgehead atoms. The maximum Gasteiger partial charge on any atom is 0.243 e. The SMILES string of the molecule is CC(C)Oc1ccc(C[C@H](NC(=O)C2CCCCN2S(=O)(=O)c2cccc(F)c2)C(=O)NC2CC(C)(C)NC(C)(C)C2)cc1. The van der Waals surface area contributed by atoms with Crippen molar-refractivity contribution >= 4 is 21.8 Å². The van der Waals surface area contributed by atoms with Crippen LogP contribution in [-0.4, -0.2) is 66.4 Å². The second kappa shape index (κ2) is 13.5. The topological polar surface area (TPSA) is 117 Å². The molecular formula is C33H47FN4O5S. The lowest BCUT2D eigenvalue weighted by molar-refractivity contribution is -0.132. The number of carbonyl (C=O) groups excluding carboxylic acids is 2. The summed E-state index contributed by atoms with van der Waals surface area (Å²) < 4.78 is 47.9. The highest BCUT2D eigenvalue weighted by Gasteiger charge is 2.41. The lowest BCUT2D eigenvalue weighted by Gasteiger charge is -2.46. The molecule has 44 heavy (non-hydrogen) atoms. The summed E-state index contributed by atoms with van der Waals surface area (Å²) in [6, 6.07) is 10.1. The number of hydrogen-bond acceptors (Lipinski definition) is 6. The molecule has 1 unspecified atom stereocenters. The number of nitrogens with one attached hydrogen (secondary N) is 3. The van der Waals surface area contributed by atoms with Gasteiger partial charge < -0.3 is 20.7 Å². The summed E-state index contributed by atoms with van der Waals surface area (Å²) in [5.41, 5.74) is 0.428. The van der Waals surface area contributed by atoms with E-state index in [0.29, 0.717) is 37.9 Å². The average Bonchev–Trinajstić information content (AvgIpc) is 2.91. The molecule has 3 N–H and O–H groups in total. The Labute approximate surface area is 261 Å². The molecule has 2 aliphatic heterocycles. The van der Waals surface area contributed by atoms with Crippen LogP contribution in [0.2, 0.25) is 0 Å². The van der Waals surface area contributed by atoms with Crippen LogP contribution in [0.5, 0.6) is 5.75 Å². The molecule has 0 radical (unpaired) electrons. The zero-order valence-corrected chi connectivity index (χ0v) is 27.5. The van der Waals surface area contributed by atoms with Crippen LogP contribution in [0, 0.1) is 5.82 Å². The van der Waals surface area contributed by atoms with E-state index < -0.39 is 33.8 Å². The third-order valence-corrected chi connectivity index (χ3v) is 9.97. The maximum absolute atomic E-state index is 13.9. The molecule has 2 saturated heterocycles. The summed E-state index contributed by atoms with van der Waals surface area (Å²) in [6.07, 6.45) is 3.18. The summed E-state index contributed by atoms with van der Waals surface area (Å²) in [5, 5.41) is 9.69. The Hall–Kier alpha value is -3.02. The predicted octanol–water partition coefficient (Wildman–Crippen LogP) is 4.31. The van der Waals surface area contributed by atoms with Gasteiger partial charge >= 0.3 is 0 Å². The molecule has 0 saturated carbocycles. The molecule has 9 nitrogen and oxygen atoms in total. The van der Waals surface area contributed by atoms with Gasteiger partial charge in [-0.2, -0.15) is 4.31 Å². The second-order valence-electron chi connectivity index (χ2n) is 13.7. The Morgan fingerprint density at radius 2 is 1.70 bits per heavy atom. The van der Waals surface area contributed by atoms with Gasteiger partial charge in [-0.25, -0.2) is 12.8 Å². The number of ether oxygens (including phenoxy) is 1. The molecule has 0 spiro atoms. The van der Waals surface area contributed by atoms with E-state index in [-0.39, 0.29) is 47.0 Å². The molecule has 242 valence electrons. The van der Waals surface area contributed by atoms with E-state index >= 15 is 0 Å². The van der Waals surface area contributed by atoms with E-state index in [9.17, 15) is 22.4 Å². The fourth-order valence-electron chi connectivity index (χ4n) is 6.63. The highest BCUT2D eigenvalue weighted by molar-refractivity contribution is 7.89. The molecule has 2 aromatic carbocycles. The van der Waals surface area contributed by atoms with Crippen LogP contribution in [-0.2, 0) is 26.0 Å². The molecule has 2 fully saturated rings. The van der Waals surface area contributed by atoms with Gasteiger partial charge in [0.05, 0.1) is 11.0 Å². The van der Waals surface area contributed by atoms with E-state index in [2.05, 4.69) is 43.6 Å². The normalized spacial score (nSPS) is 21.4. The number of nitrogens with zero attached hydrogens (tertiary/aromatic N) is 1. The van der Waals surface area contributed by atoms with Gasteiger partial charge in [-0.15, -0.1) is 0 Å². The standard InChI is InChI=1S/C33H47FN4O5S/c1-22(2)43-26-15-13-23(14-16-26)18-28(30(39)35-25-20-32(3,4)37-33(5,6)21-25)36-31(40)29-12-7-8-17-38(29)44(41,42)27-11-9-10-24(34)19-27/h9-11,13-16,19,22,25,28-29,37H,7-8,12,17-18,20-21H2,1-6H3,(H,35,39)(H,36,40)/t28-,29?/m0/s1. The molecule has 2 heterocycles. The first-order valence-corrected chi connectivity index (χ1v) is 16.9. The lowest BCUT2D eigenvalue weighted by atomic mass is 9.79. The summed E-state index contributed by atoms with van der Waals surface area (Å²) in [6.45, 7) is 12.4. The first kappa shape index (κ1) is 33.9. The van der Waals surface area contributed by atoms with E-state index in [1.807, 2.05) is 38.1 Å². The number of hydrogen-bond donors (Lipinski definition) is 3. The number of piperidine rings is 2. The second-order valence-corrected chi connectivity index (χ2v) is 15.6. The first-order valence-electron chi connectivity index (χ1n) is 15.5. The van der Waals surface area contributed by atoms with Crippen molar-refractivity contribution in [2.45, 2.75) is 120 Å². The maximum atomic E-state index is 13.9. The van der Waals surface area contributed by atoms with Gasteiger partial charge in [0.25, 0.3) is 0 Å². The summed E-state index contributed by atoms with van der Waals surface area (Å²) in [4.78, 5) is 27.5. The molecule has 0 aliphatic carbocycles. The molecule has 2 aromatic rings. The Kier molecular flexibility index (Phi) is 10.4. The largest absolute Gasteiger partial charge is 0.491 e. The van der Waals surface area contributed by atoms with E-state index in [1.165, 1.54) is 18.2 Å². The van der Waals surface area contributed by atoms with E-state index in [1.54, 1.807) is 0 Å². The Morgan fingerprint density at radius 1 is 1.05 bits per heavy atom. The van der Waals surface area contributed by atoms with E-state index in [0.717, 1.165) is 15.9 Å². The number of sulfonamides is 1. The molecule has 0 aromatic heterocycles. The van der Waals surface area contributed by atoms with Crippen molar-refractivity contribution in [1.82, 2.24) is 20.3 Å². The fraction of sp³-hybridized carbons (Fsp3) is 0.576. The molecule has 2 amide bonds. The van der Waals surface area contributed by atoms with Crippen molar-refractivity contribution in [1.29, 1.82) is 0 Å².